The maximum absolute atomic E-state index is 12.2. The van der Waals surface area contributed by atoms with E-state index < -0.39 is 18.0 Å². The molecule has 0 saturated heterocycles. The Balaban J connectivity index is 1.52. The second-order valence-corrected chi connectivity index (χ2v) is 6.19. The predicted octanol–water partition coefficient (Wildman–Crippen LogP) is 4.29. The van der Waals surface area contributed by atoms with Crippen molar-refractivity contribution in [2.75, 3.05) is 0 Å². The molecule has 1 N–H and O–H groups in total. The number of esters is 1. The van der Waals surface area contributed by atoms with E-state index in [4.69, 9.17) is 9.47 Å². The van der Waals surface area contributed by atoms with Gasteiger partial charge < -0.3 is 14.6 Å². The molecule has 2 atom stereocenters. The van der Waals surface area contributed by atoms with Gasteiger partial charge in [0.05, 0.1) is 12.0 Å². The highest BCUT2D eigenvalue weighted by Crippen LogP contribution is 2.24. The highest BCUT2D eigenvalue weighted by molar-refractivity contribution is 5.73. The Bertz CT molecular complexity index is 851. The summed E-state index contributed by atoms with van der Waals surface area (Å²) in [6.45, 7) is 1.77. The van der Waals surface area contributed by atoms with Crippen molar-refractivity contribution >= 4 is 5.97 Å². The van der Waals surface area contributed by atoms with Gasteiger partial charge >= 0.3 is 5.97 Å². The summed E-state index contributed by atoms with van der Waals surface area (Å²) in [6, 6.07) is 20.3. The van der Waals surface area contributed by atoms with Gasteiger partial charge in [-0.15, -0.1) is 0 Å². The van der Waals surface area contributed by atoms with Gasteiger partial charge in [-0.2, -0.15) is 0 Å². The summed E-state index contributed by atoms with van der Waals surface area (Å²) < 4.78 is 11.1. The normalized spacial score (nSPS) is 12.8. The lowest BCUT2D eigenvalue weighted by Crippen LogP contribution is -2.21. The molecule has 2 aromatic carbocycles. The number of para-hydroxylation sites is 1. The molecule has 0 spiro atoms. The van der Waals surface area contributed by atoms with Crippen molar-refractivity contribution in [1.82, 2.24) is 4.98 Å². The van der Waals surface area contributed by atoms with E-state index in [-0.39, 0.29) is 6.61 Å². The second-order valence-electron chi connectivity index (χ2n) is 6.19. The first-order chi connectivity index (χ1) is 13.1. The molecule has 0 saturated carbocycles. The Morgan fingerprint density at radius 3 is 2.37 bits per heavy atom. The monoisotopic (exact) mass is 363 g/mol. The third-order valence-electron chi connectivity index (χ3n) is 4.15. The number of hydrogen-bond donors (Lipinski definition) is 1. The highest BCUT2D eigenvalue weighted by Gasteiger charge is 2.25. The van der Waals surface area contributed by atoms with E-state index in [1.165, 1.54) is 0 Å². The number of pyridine rings is 1. The topological polar surface area (TPSA) is 68.7 Å². The molecule has 27 heavy (non-hydrogen) atoms. The Labute approximate surface area is 158 Å². The fraction of sp³-hybridized carbons (Fsp3) is 0.182. The van der Waals surface area contributed by atoms with Gasteiger partial charge in [-0.25, -0.2) is 0 Å². The number of benzene rings is 2. The number of aromatic nitrogens is 1. The van der Waals surface area contributed by atoms with Gasteiger partial charge in [0.25, 0.3) is 0 Å². The van der Waals surface area contributed by atoms with E-state index in [1.54, 1.807) is 31.5 Å². The number of rotatable bonds is 7. The quantitative estimate of drug-likeness (QED) is 0.634. The third-order valence-corrected chi connectivity index (χ3v) is 4.15. The minimum Gasteiger partial charge on any atom is -0.461 e. The number of aliphatic hydroxyl groups excluding tert-OH is 1. The summed E-state index contributed by atoms with van der Waals surface area (Å²) in [4.78, 5) is 16.2. The van der Waals surface area contributed by atoms with Crippen molar-refractivity contribution in [2.45, 2.75) is 19.6 Å². The highest BCUT2D eigenvalue weighted by atomic mass is 16.5. The van der Waals surface area contributed by atoms with Crippen LogP contribution in [0.3, 0.4) is 0 Å². The van der Waals surface area contributed by atoms with E-state index in [1.807, 2.05) is 54.6 Å². The van der Waals surface area contributed by atoms with Gasteiger partial charge in [0, 0.05) is 12.4 Å². The van der Waals surface area contributed by atoms with Crippen LogP contribution < -0.4 is 4.74 Å². The van der Waals surface area contributed by atoms with Gasteiger partial charge in [-0.05, 0) is 48.4 Å². The van der Waals surface area contributed by atoms with Crippen molar-refractivity contribution in [3.63, 3.8) is 0 Å². The van der Waals surface area contributed by atoms with Crippen molar-refractivity contribution in [1.29, 1.82) is 0 Å². The molecule has 1 aromatic heterocycles. The zero-order valence-electron chi connectivity index (χ0n) is 15.0. The average molecular weight is 363 g/mol. The largest absolute Gasteiger partial charge is 0.461 e. The molecule has 0 aliphatic carbocycles. The van der Waals surface area contributed by atoms with Gasteiger partial charge in [0.15, 0.2) is 0 Å². The standard InChI is InChI=1S/C22H21NO4/c1-16(21(24)18-6-5-13-23-14-18)22(25)26-15-17-9-11-20(12-10-17)27-19-7-3-2-4-8-19/h2-14,16,21,24H,15H2,1H3. The maximum Gasteiger partial charge on any atom is 0.311 e. The first-order valence-electron chi connectivity index (χ1n) is 8.70. The number of aliphatic hydroxyl groups is 1. The summed E-state index contributed by atoms with van der Waals surface area (Å²) in [6.07, 6.45) is 2.21. The van der Waals surface area contributed by atoms with Crippen LogP contribution in [-0.4, -0.2) is 16.1 Å². The SMILES string of the molecule is CC(C(=O)OCc1ccc(Oc2ccccc2)cc1)C(O)c1cccnc1. The molecule has 0 amide bonds. The Hall–Kier alpha value is -3.18. The van der Waals surface area contributed by atoms with E-state index in [0.717, 1.165) is 11.3 Å². The summed E-state index contributed by atoms with van der Waals surface area (Å²) in [5.74, 6) is 0.317. The Morgan fingerprint density at radius 2 is 1.70 bits per heavy atom. The van der Waals surface area contributed by atoms with Crippen LogP contribution in [0.1, 0.15) is 24.2 Å². The van der Waals surface area contributed by atoms with Crippen LogP contribution in [0.2, 0.25) is 0 Å². The number of ether oxygens (including phenoxy) is 2. The van der Waals surface area contributed by atoms with Crippen LogP contribution in [0.25, 0.3) is 0 Å². The fourth-order valence-electron chi connectivity index (χ4n) is 2.53. The van der Waals surface area contributed by atoms with Crippen LogP contribution in [0.15, 0.2) is 79.1 Å². The molecule has 0 radical (unpaired) electrons. The summed E-state index contributed by atoms with van der Waals surface area (Å²) in [5.41, 5.74) is 1.43. The van der Waals surface area contributed by atoms with E-state index in [0.29, 0.717) is 11.3 Å². The molecule has 0 fully saturated rings. The Kier molecular flexibility index (Phi) is 6.18. The first-order valence-corrected chi connectivity index (χ1v) is 8.70. The lowest BCUT2D eigenvalue weighted by molar-refractivity contribution is -0.153. The molecular formula is C22H21NO4. The maximum atomic E-state index is 12.2. The third kappa shape index (κ3) is 5.15. The summed E-state index contributed by atoms with van der Waals surface area (Å²) in [5, 5.41) is 10.3. The molecule has 0 bridgehead atoms. The number of nitrogens with zero attached hydrogens (tertiary/aromatic N) is 1. The van der Waals surface area contributed by atoms with Gasteiger partial charge in [0.2, 0.25) is 0 Å². The molecule has 0 aliphatic heterocycles. The van der Waals surface area contributed by atoms with Crippen molar-refractivity contribution < 1.29 is 19.4 Å². The van der Waals surface area contributed by atoms with Crippen molar-refractivity contribution in [2.24, 2.45) is 5.92 Å². The number of carbonyl (C=O) groups excluding carboxylic acids is 1. The molecule has 5 nitrogen and oxygen atoms in total. The molecule has 5 heteroatoms. The Morgan fingerprint density at radius 1 is 1.00 bits per heavy atom. The van der Waals surface area contributed by atoms with Crippen LogP contribution in [0.4, 0.5) is 0 Å². The first kappa shape index (κ1) is 18.6. The van der Waals surface area contributed by atoms with Gasteiger partial charge in [-0.1, -0.05) is 36.4 Å². The smallest absolute Gasteiger partial charge is 0.311 e. The minimum atomic E-state index is -0.951. The molecule has 0 aliphatic rings. The van der Waals surface area contributed by atoms with Gasteiger partial charge in [-0.3, -0.25) is 9.78 Å². The van der Waals surface area contributed by atoms with Gasteiger partial charge in [0.1, 0.15) is 18.1 Å². The number of hydrogen-bond acceptors (Lipinski definition) is 5. The zero-order valence-corrected chi connectivity index (χ0v) is 15.0. The molecule has 2 unspecified atom stereocenters. The predicted molar refractivity (Wildman–Crippen MR) is 101 cm³/mol. The lowest BCUT2D eigenvalue weighted by Gasteiger charge is -2.17. The van der Waals surface area contributed by atoms with Crippen molar-refractivity contribution in [3.05, 3.63) is 90.3 Å². The molecule has 3 rings (SSSR count). The van der Waals surface area contributed by atoms with E-state index in [9.17, 15) is 9.90 Å². The molecule has 1 heterocycles. The lowest BCUT2D eigenvalue weighted by atomic mass is 9.99. The van der Waals surface area contributed by atoms with Crippen molar-refractivity contribution in [3.8, 4) is 11.5 Å². The average Bonchev–Trinajstić information content (AvgIpc) is 2.73. The zero-order chi connectivity index (χ0) is 19.1. The van der Waals surface area contributed by atoms with E-state index >= 15 is 0 Å². The minimum absolute atomic E-state index is 0.133. The van der Waals surface area contributed by atoms with Crippen LogP contribution in [0.5, 0.6) is 11.5 Å². The van der Waals surface area contributed by atoms with Crippen LogP contribution in [0, 0.1) is 5.92 Å². The van der Waals surface area contributed by atoms with Crippen LogP contribution in [-0.2, 0) is 16.1 Å². The van der Waals surface area contributed by atoms with Crippen LogP contribution >= 0.6 is 0 Å². The second kappa shape index (κ2) is 8.96. The molecular weight excluding hydrogens is 342 g/mol. The molecule has 138 valence electrons. The van der Waals surface area contributed by atoms with E-state index in [2.05, 4.69) is 4.98 Å². The fourth-order valence-corrected chi connectivity index (χ4v) is 2.53. The molecule has 3 aromatic rings. The summed E-state index contributed by atoms with van der Waals surface area (Å²) in [7, 11) is 0. The summed E-state index contributed by atoms with van der Waals surface area (Å²) >= 11 is 0. The number of carbonyl (C=O) groups is 1.